The summed E-state index contributed by atoms with van der Waals surface area (Å²) in [4.78, 5) is 0. The number of unbranched alkanes of at least 4 members (excludes halogenated alkanes) is 1. The van der Waals surface area contributed by atoms with E-state index in [2.05, 4.69) is 26.1 Å². The molecule has 1 atom stereocenters. The third-order valence-corrected chi connectivity index (χ3v) is 2.94. The predicted molar refractivity (Wildman–Crippen MR) is 65.7 cm³/mol. The summed E-state index contributed by atoms with van der Waals surface area (Å²) in [6.07, 6.45) is 9.63. The molecule has 0 saturated heterocycles. The first-order valence-electron chi connectivity index (χ1n) is 6.55. The fourth-order valence-corrected chi connectivity index (χ4v) is 1.86. The van der Waals surface area contributed by atoms with Gasteiger partial charge in [-0.3, -0.25) is 0 Å². The molecule has 0 aromatic heterocycles. The Morgan fingerprint density at radius 3 is 2.14 bits per heavy atom. The van der Waals surface area contributed by atoms with Gasteiger partial charge in [0.1, 0.15) is 0 Å². The van der Waals surface area contributed by atoms with E-state index < -0.39 is 0 Å². The number of nitrogens with one attached hydrogen (secondary N) is 1. The van der Waals surface area contributed by atoms with Gasteiger partial charge in [-0.15, -0.1) is 0 Å². The van der Waals surface area contributed by atoms with Crippen LogP contribution >= 0.6 is 0 Å². The van der Waals surface area contributed by atoms with Crippen molar-refractivity contribution in [3.63, 3.8) is 0 Å². The van der Waals surface area contributed by atoms with Crippen LogP contribution in [-0.4, -0.2) is 13.1 Å². The smallest absolute Gasteiger partial charge is 0.00488 e. The van der Waals surface area contributed by atoms with Crippen LogP contribution in [0.3, 0.4) is 0 Å². The third kappa shape index (κ3) is 8.55. The number of rotatable bonds is 10. The quantitative estimate of drug-likeness (QED) is 0.525. The molecule has 0 heterocycles. The lowest BCUT2D eigenvalue weighted by Crippen LogP contribution is -2.16. The molecule has 14 heavy (non-hydrogen) atoms. The molecular formula is C13H29N. The Morgan fingerprint density at radius 1 is 0.857 bits per heavy atom. The van der Waals surface area contributed by atoms with Crippen LogP contribution in [0.4, 0.5) is 0 Å². The topological polar surface area (TPSA) is 12.0 Å². The van der Waals surface area contributed by atoms with Crippen molar-refractivity contribution in [2.45, 2.75) is 65.7 Å². The second-order valence-electron chi connectivity index (χ2n) is 4.31. The van der Waals surface area contributed by atoms with Crippen molar-refractivity contribution in [2.24, 2.45) is 5.92 Å². The Bertz CT molecular complexity index is 101. The molecule has 0 aromatic rings. The zero-order chi connectivity index (χ0) is 10.6. The van der Waals surface area contributed by atoms with Crippen molar-refractivity contribution in [1.82, 2.24) is 5.32 Å². The van der Waals surface area contributed by atoms with Gasteiger partial charge in [-0.05, 0) is 38.3 Å². The third-order valence-electron chi connectivity index (χ3n) is 2.94. The minimum Gasteiger partial charge on any atom is -0.317 e. The summed E-state index contributed by atoms with van der Waals surface area (Å²) < 4.78 is 0. The van der Waals surface area contributed by atoms with E-state index >= 15 is 0 Å². The molecule has 0 aliphatic heterocycles. The summed E-state index contributed by atoms with van der Waals surface area (Å²) in [6, 6.07) is 0. The fourth-order valence-electron chi connectivity index (χ4n) is 1.86. The number of hydrogen-bond acceptors (Lipinski definition) is 1. The molecule has 0 amide bonds. The first kappa shape index (κ1) is 14.0. The molecule has 0 rings (SSSR count). The summed E-state index contributed by atoms with van der Waals surface area (Å²) in [6.45, 7) is 9.25. The van der Waals surface area contributed by atoms with Crippen LogP contribution in [0, 0.1) is 5.92 Å². The second kappa shape index (κ2) is 11.0. The fraction of sp³-hybridized carbons (Fsp3) is 1.00. The van der Waals surface area contributed by atoms with E-state index in [1.807, 2.05) is 0 Å². The average molecular weight is 199 g/mol. The molecule has 0 aliphatic carbocycles. The summed E-state index contributed by atoms with van der Waals surface area (Å²) >= 11 is 0. The first-order chi connectivity index (χ1) is 6.85. The number of hydrogen-bond donors (Lipinski definition) is 1. The molecule has 1 heteroatoms. The SMILES string of the molecule is CCCCC(CC)CCCNCCC. The Morgan fingerprint density at radius 2 is 1.57 bits per heavy atom. The average Bonchev–Trinajstić information content (AvgIpc) is 2.22. The van der Waals surface area contributed by atoms with Gasteiger partial charge in [0.25, 0.3) is 0 Å². The highest BCUT2D eigenvalue weighted by molar-refractivity contribution is 4.58. The monoisotopic (exact) mass is 199 g/mol. The van der Waals surface area contributed by atoms with Crippen molar-refractivity contribution in [1.29, 1.82) is 0 Å². The second-order valence-corrected chi connectivity index (χ2v) is 4.31. The molecule has 0 fully saturated rings. The van der Waals surface area contributed by atoms with E-state index in [1.54, 1.807) is 0 Å². The van der Waals surface area contributed by atoms with Crippen molar-refractivity contribution in [3.05, 3.63) is 0 Å². The van der Waals surface area contributed by atoms with Gasteiger partial charge in [0.05, 0.1) is 0 Å². The molecule has 1 nitrogen and oxygen atoms in total. The van der Waals surface area contributed by atoms with Crippen molar-refractivity contribution in [2.75, 3.05) is 13.1 Å². The van der Waals surface area contributed by atoms with Gasteiger partial charge in [-0.25, -0.2) is 0 Å². The minimum absolute atomic E-state index is 0.985. The zero-order valence-electron chi connectivity index (χ0n) is 10.4. The highest BCUT2D eigenvalue weighted by atomic mass is 14.8. The van der Waals surface area contributed by atoms with Crippen LogP contribution in [0.25, 0.3) is 0 Å². The van der Waals surface area contributed by atoms with Crippen LogP contribution in [0.1, 0.15) is 65.7 Å². The predicted octanol–water partition coefficient (Wildman–Crippen LogP) is 3.98. The van der Waals surface area contributed by atoms with Crippen molar-refractivity contribution >= 4 is 0 Å². The van der Waals surface area contributed by atoms with Crippen molar-refractivity contribution < 1.29 is 0 Å². The van der Waals surface area contributed by atoms with E-state index in [-0.39, 0.29) is 0 Å². The molecule has 86 valence electrons. The van der Waals surface area contributed by atoms with Crippen LogP contribution in [0.2, 0.25) is 0 Å². The molecular weight excluding hydrogens is 170 g/mol. The Balaban J connectivity index is 3.24. The van der Waals surface area contributed by atoms with E-state index in [0.717, 1.165) is 5.92 Å². The zero-order valence-corrected chi connectivity index (χ0v) is 10.4. The maximum absolute atomic E-state index is 3.47. The van der Waals surface area contributed by atoms with Gasteiger partial charge >= 0.3 is 0 Å². The highest BCUT2D eigenvalue weighted by Crippen LogP contribution is 2.17. The van der Waals surface area contributed by atoms with Crippen molar-refractivity contribution in [3.8, 4) is 0 Å². The molecule has 0 radical (unpaired) electrons. The summed E-state index contributed by atoms with van der Waals surface area (Å²) in [5, 5.41) is 3.47. The van der Waals surface area contributed by atoms with Gasteiger partial charge in [0.15, 0.2) is 0 Å². The van der Waals surface area contributed by atoms with E-state index in [1.165, 1.54) is 58.0 Å². The molecule has 1 N–H and O–H groups in total. The molecule has 0 spiro atoms. The largest absolute Gasteiger partial charge is 0.317 e. The highest BCUT2D eigenvalue weighted by Gasteiger charge is 2.04. The Labute approximate surface area is 90.7 Å². The molecule has 1 unspecified atom stereocenters. The van der Waals surface area contributed by atoms with Gasteiger partial charge in [0.2, 0.25) is 0 Å². The van der Waals surface area contributed by atoms with Gasteiger partial charge in [-0.1, -0.05) is 46.5 Å². The van der Waals surface area contributed by atoms with E-state index in [4.69, 9.17) is 0 Å². The minimum atomic E-state index is 0.985. The van der Waals surface area contributed by atoms with Crippen LogP contribution < -0.4 is 5.32 Å². The summed E-state index contributed by atoms with van der Waals surface area (Å²) in [5.41, 5.74) is 0. The summed E-state index contributed by atoms with van der Waals surface area (Å²) in [7, 11) is 0. The standard InChI is InChI=1S/C13H29N/c1-4-7-9-13(6-3)10-8-12-14-11-5-2/h13-14H,4-12H2,1-3H3. The normalized spacial score (nSPS) is 13.1. The lowest BCUT2D eigenvalue weighted by molar-refractivity contribution is 0.404. The van der Waals surface area contributed by atoms with Crippen LogP contribution in [0.5, 0.6) is 0 Å². The van der Waals surface area contributed by atoms with Gasteiger partial charge in [-0.2, -0.15) is 0 Å². The molecule has 0 aliphatic rings. The van der Waals surface area contributed by atoms with Gasteiger partial charge in [0, 0.05) is 0 Å². The van der Waals surface area contributed by atoms with Crippen LogP contribution in [0.15, 0.2) is 0 Å². The molecule has 0 saturated carbocycles. The lowest BCUT2D eigenvalue weighted by Gasteiger charge is -2.14. The van der Waals surface area contributed by atoms with Gasteiger partial charge < -0.3 is 5.32 Å². The van der Waals surface area contributed by atoms with E-state index in [9.17, 15) is 0 Å². The molecule has 0 aromatic carbocycles. The maximum Gasteiger partial charge on any atom is -0.00488 e. The first-order valence-corrected chi connectivity index (χ1v) is 6.55. The molecule has 0 bridgehead atoms. The lowest BCUT2D eigenvalue weighted by atomic mass is 9.94. The summed E-state index contributed by atoms with van der Waals surface area (Å²) in [5.74, 6) is 0.985. The maximum atomic E-state index is 3.47. The van der Waals surface area contributed by atoms with E-state index in [0.29, 0.717) is 0 Å². The van der Waals surface area contributed by atoms with Crippen LogP contribution in [-0.2, 0) is 0 Å². The Kier molecular flexibility index (Phi) is 11.0. The Hall–Kier alpha value is -0.0400.